The molecule has 140 valence electrons. The Bertz CT molecular complexity index is 527. The Kier molecular flexibility index (Phi) is 10.5. The first-order chi connectivity index (χ1) is 11.7. The van der Waals surface area contributed by atoms with Crippen LogP contribution in [0.15, 0.2) is 35.3 Å². The predicted octanol–water partition coefficient (Wildman–Crippen LogP) is 3.17. The van der Waals surface area contributed by atoms with Crippen LogP contribution in [-0.4, -0.2) is 37.5 Å². The summed E-state index contributed by atoms with van der Waals surface area (Å²) in [6.07, 6.45) is 4.97. The van der Waals surface area contributed by atoms with Gasteiger partial charge in [0.05, 0.1) is 6.54 Å². The van der Waals surface area contributed by atoms with Gasteiger partial charge in [-0.05, 0) is 50.7 Å². The molecule has 0 heterocycles. The second-order valence-corrected chi connectivity index (χ2v) is 6.48. The standard InChI is InChI=1S/C19H30N4O.HI/c1-3-20-19(23-17-11-9-15(2)10-12-17)22-14-13-21-18(24)16-7-5-4-6-8-16;/h4-8,15,17H,3,9-14H2,1-2H3,(H,21,24)(H2,20,22,23);1H. The smallest absolute Gasteiger partial charge is 0.251 e. The van der Waals surface area contributed by atoms with Crippen molar-refractivity contribution in [1.29, 1.82) is 0 Å². The number of nitrogens with one attached hydrogen (secondary N) is 3. The van der Waals surface area contributed by atoms with Crippen molar-refractivity contribution >= 4 is 35.8 Å². The number of hydrogen-bond donors (Lipinski definition) is 3. The summed E-state index contributed by atoms with van der Waals surface area (Å²) in [4.78, 5) is 16.5. The van der Waals surface area contributed by atoms with Crippen molar-refractivity contribution in [2.45, 2.75) is 45.6 Å². The Morgan fingerprint density at radius 3 is 2.44 bits per heavy atom. The molecule has 6 heteroatoms. The van der Waals surface area contributed by atoms with Gasteiger partial charge in [0, 0.05) is 24.7 Å². The number of benzene rings is 1. The molecule has 1 amide bonds. The molecule has 0 unspecified atom stereocenters. The minimum Gasteiger partial charge on any atom is -0.357 e. The van der Waals surface area contributed by atoms with Crippen LogP contribution in [0.25, 0.3) is 0 Å². The number of rotatable bonds is 6. The van der Waals surface area contributed by atoms with Crippen LogP contribution in [0.3, 0.4) is 0 Å². The molecular weight excluding hydrogens is 427 g/mol. The maximum Gasteiger partial charge on any atom is 0.251 e. The van der Waals surface area contributed by atoms with E-state index in [1.165, 1.54) is 25.7 Å². The molecule has 5 nitrogen and oxygen atoms in total. The highest BCUT2D eigenvalue weighted by Crippen LogP contribution is 2.23. The minimum absolute atomic E-state index is 0. The molecule has 0 saturated heterocycles. The van der Waals surface area contributed by atoms with E-state index in [9.17, 15) is 4.79 Å². The molecule has 0 spiro atoms. The molecule has 1 aliphatic carbocycles. The maximum absolute atomic E-state index is 12.0. The summed E-state index contributed by atoms with van der Waals surface area (Å²) in [5.41, 5.74) is 0.683. The van der Waals surface area contributed by atoms with Crippen LogP contribution < -0.4 is 16.0 Å². The SMILES string of the molecule is CCNC(=NCCNC(=O)c1ccccc1)NC1CCC(C)CC1.I. The van der Waals surface area contributed by atoms with Gasteiger partial charge in [-0.3, -0.25) is 9.79 Å². The zero-order valence-corrected chi connectivity index (χ0v) is 17.6. The maximum atomic E-state index is 12.0. The average Bonchev–Trinajstić information content (AvgIpc) is 2.61. The predicted molar refractivity (Wildman–Crippen MR) is 115 cm³/mol. The van der Waals surface area contributed by atoms with Crippen LogP contribution in [-0.2, 0) is 0 Å². The zero-order chi connectivity index (χ0) is 17.2. The number of carbonyl (C=O) groups excluding carboxylic acids is 1. The molecular formula is C19H31IN4O. The highest BCUT2D eigenvalue weighted by Gasteiger charge is 2.18. The van der Waals surface area contributed by atoms with Crippen LogP contribution >= 0.6 is 24.0 Å². The molecule has 1 saturated carbocycles. The van der Waals surface area contributed by atoms with Crippen LogP contribution in [0, 0.1) is 5.92 Å². The lowest BCUT2D eigenvalue weighted by molar-refractivity contribution is 0.0955. The van der Waals surface area contributed by atoms with Gasteiger partial charge in [0.15, 0.2) is 5.96 Å². The van der Waals surface area contributed by atoms with Gasteiger partial charge in [-0.1, -0.05) is 25.1 Å². The van der Waals surface area contributed by atoms with Crippen molar-refractivity contribution in [3.8, 4) is 0 Å². The monoisotopic (exact) mass is 458 g/mol. The lowest BCUT2D eigenvalue weighted by Gasteiger charge is -2.28. The Morgan fingerprint density at radius 1 is 1.12 bits per heavy atom. The highest BCUT2D eigenvalue weighted by molar-refractivity contribution is 14.0. The summed E-state index contributed by atoms with van der Waals surface area (Å²) in [6, 6.07) is 9.78. The fourth-order valence-electron chi connectivity index (χ4n) is 2.95. The van der Waals surface area contributed by atoms with Gasteiger partial charge in [0.1, 0.15) is 0 Å². The van der Waals surface area contributed by atoms with E-state index in [1.54, 1.807) is 0 Å². The van der Waals surface area contributed by atoms with Gasteiger partial charge in [-0.15, -0.1) is 24.0 Å². The number of hydrogen-bond acceptors (Lipinski definition) is 2. The van der Waals surface area contributed by atoms with E-state index < -0.39 is 0 Å². The third-order valence-corrected chi connectivity index (χ3v) is 4.40. The third kappa shape index (κ3) is 8.07. The molecule has 25 heavy (non-hydrogen) atoms. The summed E-state index contributed by atoms with van der Waals surface area (Å²) in [5, 5.41) is 9.71. The van der Waals surface area contributed by atoms with E-state index in [0.717, 1.165) is 18.4 Å². The van der Waals surface area contributed by atoms with Gasteiger partial charge >= 0.3 is 0 Å². The molecule has 1 aromatic carbocycles. The van der Waals surface area contributed by atoms with Crippen LogP contribution in [0.5, 0.6) is 0 Å². The van der Waals surface area contributed by atoms with E-state index in [2.05, 4.69) is 34.8 Å². The Hall–Kier alpha value is -1.31. The minimum atomic E-state index is -0.0509. The quantitative estimate of drug-likeness (QED) is 0.266. The second-order valence-electron chi connectivity index (χ2n) is 6.48. The van der Waals surface area contributed by atoms with Gasteiger partial charge in [-0.2, -0.15) is 0 Å². The molecule has 1 aliphatic rings. The van der Waals surface area contributed by atoms with E-state index in [0.29, 0.717) is 24.7 Å². The lowest BCUT2D eigenvalue weighted by atomic mass is 9.87. The number of carbonyl (C=O) groups is 1. The molecule has 0 bridgehead atoms. The zero-order valence-electron chi connectivity index (χ0n) is 15.3. The lowest BCUT2D eigenvalue weighted by Crippen LogP contribution is -2.45. The molecule has 0 atom stereocenters. The molecule has 1 aromatic rings. The Labute approximate surface area is 168 Å². The van der Waals surface area contributed by atoms with E-state index in [4.69, 9.17) is 0 Å². The molecule has 2 rings (SSSR count). The van der Waals surface area contributed by atoms with E-state index in [1.807, 2.05) is 30.3 Å². The van der Waals surface area contributed by atoms with Crippen molar-refractivity contribution in [3.05, 3.63) is 35.9 Å². The summed E-state index contributed by atoms with van der Waals surface area (Å²) in [5.74, 6) is 1.65. The van der Waals surface area contributed by atoms with Gasteiger partial charge in [0.2, 0.25) is 0 Å². The molecule has 0 aromatic heterocycles. The first kappa shape index (κ1) is 21.7. The fourth-order valence-corrected chi connectivity index (χ4v) is 2.95. The van der Waals surface area contributed by atoms with Crippen molar-refractivity contribution in [1.82, 2.24) is 16.0 Å². The van der Waals surface area contributed by atoms with Crippen LogP contribution in [0.2, 0.25) is 0 Å². The number of nitrogens with zero attached hydrogens (tertiary/aromatic N) is 1. The van der Waals surface area contributed by atoms with Gasteiger partial charge in [-0.25, -0.2) is 0 Å². The summed E-state index contributed by atoms with van der Waals surface area (Å²) >= 11 is 0. The number of aliphatic imine (C=N–C) groups is 1. The van der Waals surface area contributed by atoms with Crippen molar-refractivity contribution < 1.29 is 4.79 Å². The first-order valence-corrected chi connectivity index (χ1v) is 9.07. The van der Waals surface area contributed by atoms with Crippen LogP contribution in [0.1, 0.15) is 49.9 Å². The Morgan fingerprint density at radius 2 is 1.80 bits per heavy atom. The summed E-state index contributed by atoms with van der Waals surface area (Å²) in [7, 11) is 0. The molecule has 1 fully saturated rings. The third-order valence-electron chi connectivity index (χ3n) is 4.40. The molecule has 0 radical (unpaired) electrons. The van der Waals surface area contributed by atoms with Gasteiger partial charge in [0.25, 0.3) is 5.91 Å². The fraction of sp³-hybridized carbons (Fsp3) is 0.579. The Balaban J connectivity index is 0.00000312. The van der Waals surface area contributed by atoms with E-state index in [-0.39, 0.29) is 29.9 Å². The molecule has 3 N–H and O–H groups in total. The summed E-state index contributed by atoms with van der Waals surface area (Å²) in [6.45, 7) is 6.33. The van der Waals surface area contributed by atoms with Gasteiger partial charge < -0.3 is 16.0 Å². The normalized spacial score (nSPS) is 20.3. The van der Waals surface area contributed by atoms with Crippen molar-refractivity contribution in [2.75, 3.05) is 19.6 Å². The summed E-state index contributed by atoms with van der Waals surface area (Å²) < 4.78 is 0. The molecule has 0 aliphatic heterocycles. The highest BCUT2D eigenvalue weighted by atomic mass is 127. The topological polar surface area (TPSA) is 65.5 Å². The largest absolute Gasteiger partial charge is 0.357 e. The first-order valence-electron chi connectivity index (χ1n) is 9.07. The number of guanidine groups is 1. The van der Waals surface area contributed by atoms with Crippen LogP contribution in [0.4, 0.5) is 0 Å². The second kappa shape index (κ2) is 12.1. The average molecular weight is 458 g/mol. The van der Waals surface area contributed by atoms with Crippen molar-refractivity contribution in [3.63, 3.8) is 0 Å². The number of amides is 1. The van der Waals surface area contributed by atoms with E-state index >= 15 is 0 Å². The van der Waals surface area contributed by atoms with Crippen molar-refractivity contribution in [2.24, 2.45) is 10.9 Å². The number of halogens is 1.